The Labute approximate surface area is 439 Å². The third-order valence-electron chi connectivity index (χ3n) is 11.0. The highest BCUT2D eigenvalue weighted by atomic mass is 127. The molecule has 71 heavy (non-hydrogen) atoms. The summed E-state index contributed by atoms with van der Waals surface area (Å²) >= 11 is 0.0120. The molecule has 0 saturated carbocycles. The molecule has 1 aliphatic carbocycles. The van der Waals surface area contributed by atoms with E-state index >= 15 is 0 Å². The molecule has 9 aromatic carbocycles. The number of halogens is 5. The molecule has 0 fully saturated rings. The molecule has 0 radical (unpaired) electrons. The molecule has 0 aliphatic heterocycles. The first-order valence-electron chi connectivity index (χ1n) is 23.4. The number of rotatable bonds is 10. The smallest absolute Gasteiger partial charge is 0.206 e. The van der Waals surface area contributed by atoms with Gasteiger partial charge in [-0.25, -0.2) is 13.2 Å². The van der Waals surface area contributed by atoms with E-state index in [1.54, 1.807) is 36.4 Å². The lowest BCUT2D eigenvalue weighted by molar-refractivity contribution is -0.597. The third-order valence-corrected chi connectivity index (χ3v) is 16.4. The van der Waals surface area contributed by atoms with E-state index in [9.17, 15) is 13.2 Å². The van der Waals surface area contributed by atoms with E-state index in [0.29, 0.717) is 5.92 Å². The predicted molar refractivity (Wildman–Crippen MR) is 281 cm³/mol. The monoisotopic (exact) mass is 1160 g/mol. The van der Waals surface area contributed by atoms with Crippen molar-refractivity contribution in [2.75, 3.05) is 0 Å². The molecule has 0 aromatic heterocycles. The van der Waals surface area contributed by atoms with Gasteiger partial charge in [0.05, 0.1) is 28.2 Å². The van der Waals surface area contributed by atoms with Crippen LogP contribution in [0.15, 0.2) is 273 Å². The molecular formula is C66H55F3I2+4. The van der Waals surface area contributed by atoms with E-state index in [0.717, 1.165) is 22.6 Å². The standard InChI is InChI=1S/C19H12F3.C19H15.C16H18I.C12H10I/c20-16-7-1-13(2-8-16)19(14-3-9-17(21)10-4-14)15-5-11-18(22)12-6-15;1-4-10-16(11-5-1)19(17-12-6-2-7-13-17)18-14-8-3-9-15-18;1-12(2)14-6-10-16(11-7-14)17-15-8-4-13(3)5-9-15;1-3-7-11(8-4-1)13-12-9-5-2-6-10-12/h1-12H;1-15H;4-12H,1-3H3;1-10H/q4*+1. The fourth-order valence-electron chi connectivity index (χ4n) is 7.38. The Morgan fingerprint density at radius 1 is 0.408 bits per heavy atom. The maximum atomic E-state index is 13.2. The Kier molecular flexibility index (Phi) is 20.2. The molecule has 9 aromatic rings. The predicted octanol–water partition coefficient (Wildman–Crippen LogP) is 11.0. The number of allylic oxidation sites excluding steroid dienone is 5. The molecular weight excluding hydrogens is 1100 g/mol. The summed E-state index contributed by atoms with van der Waals surface area (Å²) in [5.74, 6) is 0.422. The molecule has 0 heterocycles. The Morgan fingerprint density at radius 2 is 0.761 bits per heavy atom. The highest BCUT2D eigenvalue weighted by Crippen LogP contribution is 2.32. The molecule has 1 aliphatic rings. The molecule has 0 N–H and O–H groups in total. The number of benzene rings is 9. The Balaban J connectivity index is 0.000000141. The van der Waals surface area contributed by atoms with Crippen molar-refractivity contribution in [2.45, 2.75) is 26.7 Å². The number of hydrogen-bond donors (Lipinski definition) is 0. The van der Waals surface area contributed by atoms with E-state index in [1.807, 2.05) is 0 Å². The summed E-state index contributed by atoms with van der Waals surface area (Å²) in [7, 11) is 0. The van der Waals surface area contributed by atoms with Gasteiger partial charge in [0.25, 0.3) is 0 Å². The first-order chi connectivity index (χ1) is 34.7. The first kappa shape index (κ1) is 52.0. The molecule has 10 rings (SSSR count). The normalized spacial score (nSPS) is 11.2. The van der Waals surface area contributed by atoms with Gasteiger partial charge in [-0.2, -0.15) is 0 Å². The molecule has 5 heteroatoms. The van der Waals surface area contributed by atoms with Crippen LogP contribution in [-0.2, 0) is 0 Å². The number of aryl methyl sites for hydroxylation is 1. The van der Waals surface area contributed by atoms with Crippen LogP contribution in [0.5, 0.6) is 0 Å². The maximum absolute atomic E-state index is 13.2. The Hall–Kier alpha value is -6.81. The largest absolute Gasteiger partial charge is 0.357 e. The zero-order valence-corrected chi connectivity index (χ0v) is 44.3. The summed E-state index contributed by atoms with van der Waals surface area (Å²) in [6, 6.07) is 78.6. The highest BCUT2D eigenvalue weighted by Gasteiger charge is 2.23. The lowest BCUT2D eigenvalue weighted by atomic mass is 9.85. The van der Waals surface area contributed by atoms with E-state index in [-0.39, 0.29) is 59.9 Å². The Morgan fingerprint density at radius 3 is 1.11 bits per heavy atom. The van der Waals surface area contributed by atoms with Gasteiger partial charge < -0.3 is 0 Å². The Bertz CT molecular complexity index is 2850. The minimum absolute atomic E-state index is 0.0167. The average molecular weight is 1160 g/mol. The van der Waals surface area contributed by atoms with Gasteiger partial charge in [-0.15, -0.1) is 0 Å². The molecule has 0 saturated heterocycles. The van der Waals surface area contributed by atoms with Gasteiger partial charge in [-0.1, -0.05) is 116 Å². The van der Waals surface area contributed by atoms with Gasteiger partial charge in [0.1, 0.15) is 23.0 Å². The molecule has 0 spiro atoms. The van der Waals surface area contributed by atoms with Gasteiger partial charge in [-0.3, -0.25) is 0 Å². The highest BCUT2D eigenvalue weighted by molar-refractivity contribution is 5.85. The average Bonchev–Trinajstić information content (AvgIpc) is 3.41. The summed E-state index contributed by atoms with van der Waals surface area (Å²) < 4.78 is 45.4. The minimum Gasteiger partial charge on any atom is -0.206 e. The fraction of sp³-hybridized carbons (Fsp3) is 0.0606. The quantitative estimate of drug-likeness (QED) is 0.0727. The van der Waals surface area contributed by atoms with Crippen molar-refractivity contribution in [1.29, 1.82) is 0 Å². The van der Waals surface area contributed by atoms with Crippen LogP contribution in [0.3, 0.4) is 0 Å². The number of hydrogen-bond acceptors (Lipinski definition) is 0. The topological polar surface area (TPSA) is 0 Å². The SMILES string of the molecule is C1=C[CH+]C(=C(c2ccccc2)c2ccccc2)C=C1.Cc1ccc([I+]c2ccc(C(C)C)cc2)cc1.Fc1ccc([C+](c2ccc(F)cc2)c2ccc(F)cc2)cc1.c1ccc([I+]c2ccccc2)cc1. The molecule has 0 amide bonds. The van der Waals surface area contributed by atoms with E-state index < -0.39 is 0 Å². The van der Waals surface area contributed by atoms with E-state index in [4.69, 9.17) is 0 Å². The maximum Gasteiger partial charge on any atom is 0.357 e. The van der Waals surface area contributed by atoms with E-state index in [2.05, 4.69) is 221 Å². The summed E-state index contributed by atoms with van der Waals surface area (Å²) in [6.07, 6.45) is 10.5. The van der Waals surface area contributed by atoms with Crippen LogP contribution >= 0.6 is 0 Å². The minimum atomic E-state index is -0.332. The van der Waals surface area contributed by atoms with Crippen LogP contribution in [0, 0.1) is 51.0 Å². The molecule has 0 bridgehead atoms. The molecule has 0 nitrogen and oxygen atoms in total. The molecule has 0 unspecified atom stereocenters. The van der Waals surface area contributed by atoms with E-state index in [1.165, 1.54) is 84.1 Å². The third kappa shape index (κ3) is 16.7. The van der Waals surface area contributed by atoms with Crippen LogP contribution in [0.25, 0.3) is 5.57 Å². The zero-order valence-electron chi connectivity index (χ0n) is 39.9. The van der Waals surface area contributed by atoms with Gasteiger partial charge in [0.2, 0.25) is 0 Å². The van der Waals surface area contributed by atoms with Crippen LogP contribution < -0.4 is 42.4 Å². The van der Waals surface area contributed by atoms with Crippen molar-refractivity contribution in [2.24, 2.45) is 0 Å². The second-order valence-electron chi connectivity index (χ2n) is 16.7. The lowest BCUT2D eigenvalue weighted by Gasteiger charge is -2.13. The summed E-state index contributed by atoms with van der Waals surface area (Å²) in [5.41, 5.74) is 10.1. The zero-order chi connectivity index (χ0) is 49.6. The fourth-order valence-corrected chi connectivity index (χ4v) is 11.8. The van der Waals surface area contributed by atoms with Gasteiger partial charge in [0, 0.05) is 41.9 Å². The van der Waals surface area contributed by atoms with Gasteiger partial charge >= 0.3 is 42.4 Å². The van der Waals surface area contributed by atoms with Crippen molar-refractivity contribution < 1.29 is 55.6 Å². The van der Waals surface area contributed by atoms with Crippen LogP contribution in [0.1, 0.15) is 58.7 Å². The van der Waals surface area contributed by atoms with Gasteiger partial charge in [-0.05, 0) is 164 Å². The molecule has 350 valence electrons. The second kappa shape index (κ2) is 27.5. The van der Waals surface area contributed by atoms with Crippen molar-refractivity contribution in [3.8, 4) is 0 Å². The summed E-state index contributed by atoms with van der Waals surface area (Å²) in [5, 5.41) is 0. The molecule has 0 atom stereocenters. The van der Waals surface area contributed by atoms with Crippen LogP contribution in [0.4, 0.5) is 13.2 Å². The van der Waals surface area contributed by atoms with Crippen molar-refractivity contribution >= 4 is 5.57 Å². The van der Waals surface area contributed by atoms with Crippen molar-refractivity contribution in [3.05, 3.63) is 356 Å². The van der Waals surface area contributed by atoms with Crippen LogP contribution in [-0.4, -0.2) is 0 Å². The van der Waals surface area contributed by atoms with Crippen molar-refractivity contribution in [1.82, 2.24) is 0 Å². The summed E-state index contributed by atoms with van der Waals surface area (Å²) in [6.45, 7) is 6.62. The second-order valence-corrected chi connectivity index (χ2v) is 22.7. The lowest BCUT2D eigenvalue weighted by Crippen LogP contribution is -3.61. The summed E-state index contributed by atoms with van der Waals surface area (Å²) in [4.78, 5) is 0. The van der Waals surface area contributed by atoms with Gasteiger partial charge in [0.15, 0.2) is 14.3 Å². The van der Waals surface area contributed by atoms with Crippen molar-refractivity contribution in [3.63, 3.8) is 0 Å². The first-order valence-corrected chi connectivity index (χ1v) is 27.7. The van der Waals surface area contributed by atoms with Crippen LogP contribution in [0.2, 0.25) is 0 Å².